The number of aromatic nitrogens is 1. The zero-order valence-electron chi connectivity index (χ0n) is 11.4. The number of halogens is 3. The SMILES string of the molecule is Cc1nc(CC(CBr)(CBr)c2ccccc2Cl)sc1C. The molecule has 108 valence electrons. The molecule has 0 fully saturated rings. The summed E-state index contributed by atoms with van der Waals surface area (Å²) in [5.74, 6) is 0. The van der Waals surface area contributed by atoms with E-state index in [0.29, 0.717) is 0 Å². The molecule has 1 nitrogen and oxygen atoms in total. The van der Waals surface area contributed by atoms with Crippen LogP contribution >= 0.6 is 54.8 Å². The largest absolute Gasteiger partial charge is 0.246 e. The first-order valence-corrected chi connectivity index (χ1v) is 9.76. The number of benzene rings is 1. The van der Waals surface area contributed by atoms with Crippen molar-refractivity contribution in [1.29, 1.82) is 0 Å². The summed E-state index contributed by atoms with van der Waals surface area (Å²) in [5, 5.41) is 3.66. The molecular weight excluding hydrogens is 422 g/mol. The molecule has 20 heavy (non-hydrogen) atoms. The van der Waals surface area contributed by atoms with Crippen LogP contribution in [-0.4, -0.2) is 15.6 Å². The molecule has 2 aromatic rings. The van der Waals surface area contributed by atoms with Crippen molar-refractivity contribution < 1.29 is 0 Å². The molecule has 0 atom stereocenters. The Morgan fingerprint density at radius 2 is 1.85 bits per heavy atom. The van der Waals surface area contributed by atoms with Crippen LogP contribution < -0.4 is 0 Å². The summed E-state index contributed by atoms with van der Waals surface area (Å²) >= 11 is 15.5. The maximum Gasteiger partial charge on any atom is 0.0940 e. The van der Waals surface area contributed by atoms with Crippen LogP contribution in [0.2, 0.25) is 5.02 Å². The number of hydrogen-bond acceptors (Lipinski definition) is 2. The summed E-state index contributed by atoms with van der Waals surface area (Å²) in [6.07, 6.45) is 0.882. The minimum Gasteiger partial charge on any atom is -0.246 e. The number of rotatable bonds is 5. The Kier molecular flexibility index (Phi) is 5.69. The standard InChI is InChI=1S/C15H16Br2ClNS/c1-10-11(2)20-14(19-10)7-15(8-16,9-17)12-5-3-4-6-13(12)18/h3-6H,7-9H2,1-2H3. The van der Waals surface area contributed by atoms with E-state index in [2.05, 4.69) is 56.8 Å². The molecule has 0 aliphatic heterocycles. The average Bonchev–Trinajstić information content (AvgIpc) is 2.75. The zero-order chi connectivity index (χ0) is 14.8. The average molecular weight is 438 g/mol. The molecule has 2 rings (SSSR count). The molecule has 0 radical (unpaired) electrons. The predicted molar refractivity (Wildman–Crippen MR) is 96.0 cm³/mol. The Morgan fingerprint density at radius 3 is 2.35 bits per heavy atom. The lowest BCUT2D eigenvalue weighted by Crippen LogP contribution is -2.33. The first kappa shape index (κ1) is 16.5. The normalized spacial score (nSPS) is 11.8. The second-order valence-electron chi connectivity index (χ2n) is 4.95. The number of thiazole rings is 1. The molecular formula is C15H16Br2ClNS. The van der Waals surface area contributed by atoms with Crippen LogP contribution in [0.4, 0.5) is 0 Å². The molecule has 0 aliphatic rings. The van der Waals surface area contributed by atoms with E-state index in [-0.39, 0.29) is 5.41 Å². The van der Waals surface area contributed by atoms with Crippen LogP contribution in [0.3, 0.4) is 0 Å². The molecule has 0 N–H and O–H groups in total. The van der Waals surface area contributed by atoms with Gasteiger partial charge in [0.15, 0.2) is 0 Å². The third kappa shape index (κ3) is 3.29. The van der Waals surface area contributed by atoms with Crippen LogP contribution in [0.25, 0.3) is 0 Å². The van der Waals surface area contributed by atoms with Gasteiger partial charge in [-0.25, -0.2) is 4.98 Å². The van der Waals surface area contributed by atoms with Crippen molar-refractivity contribution in [2.45, 2.75) is 25.7 Å². The number of hydrogen-bond donors (Lipinski definition) is 0. The molecule has 1 heterocycles. The fourth-order valence-electron chi connectivity index (χ4n) is 2.16. The Morgan fingerprint density at radius 1 is 1.20 bits per heavy atom. The van der Waals surface area contributed by atoms with Gasteiger partial charge in [0.05, 0.1) is 10.7 Å². The lowest BCUT2D eigenvalue weighted by Gasteiger charge is -2.30. The highest BCUT2D eigenvalue weighted by molar-refractivity contribution is 9.09. The van der Waals surface area contributed by atoms with E-state index in [1.165, 1.54) is 15.4 Å². The monoisotopic (exact) mass is 435 g/mol. The molecule has 0 spiro atoms. The second-order valence-corrected chi connectivity index (χ2v) is 7.77. The maximum absolute atomic E-state index is 6.41. The molecule has 1 aromatic heterocycles. The van der Waals surface area contributed by atoms with Crippen molar-refractivity contribution in [1.82, 2.24) is 4.98 Å². The van der Waals surface area contributed by atoms with Crippen LogP contribution in [0, 0.1) is 13.8 Å². The summed E-state index contributed by atoms with van der Waals surface area (Å²) in [5.41, 5.74) is 2.22. The summed E-state index contributed by atoms with van der Waals surface area (Å²) in [4.78, 5) is 5.97. The first-order chi connectivity index (χ1) is 9.52. The highest BCUT2D eigenvalue weighted by Gasteiger charge is 2.33. The van der Waals surface area contributed by atoms with Gasteiger partial charge in [0.25, 0.3) is 0 Å². The predicted octanol–water partition coefficient (Wildman–Crippen LogP) is 5.68. The van der Waals surface area contributed by atoms with E-state index in [1.54, 1.807) is 11.3 Å². The first-order valence-electron chi connectivity index (χ1n) is 6.32. The zero-order valence-corrected chi connectivity index (χ0v) is 16.2. The van der Waals surface area contributed by atoms with Crippen LogP contribution in [0.15, 0.2) is 24.3 Å². The lowest BCUT2D eigenvalue weighted by atomic mass is 9.81. The molecule has 5 heteroatoms. The second kappa shape index (κ2) is 6.91. The minimum absolute atomic E-state index is 0.0743. The lowest BCUT2D eigenvalue weighted by molar-refractivity contribution is 0.549. The molecule has 0 saturated carbocycles. The fourth-order valence-corrected chi connectivity index (χ4v) is 5.51. The van der Waals surface area contributed by atoms with Crippen LogP contribution in [0.5, 0.6) is 0 Å². The summed E-state index contributed by atoms with van der Waals surface area (Å²) in [6, 6.07) is 8.07. The van der Waals surface area contributed by atoms with E-state index in [0.717, 1.165) is 27.8 Å². The van der Waals surface area contributed by atoms with Crippen molar-refractivity contribution in [3.05, 3.63) is 50.4 Å². The van der Waals surface area contributed by atoms with Gasteiger partial charge >= 0.3 is 0 Å². The van der Waals surface area contributed by atoms with Gasteiger partial charge in [0.1, 0.15) is 0 Å². The van der Waals surface area contributed by atoms with Crippen molar-refractivity contribution in [2.24, 2.45) is 0 Å². The highest BCUT2D eigenvalue weighted by Crippen LogP contribution is 2.37. The van der Waals surface area contributed by atoms with Crippen LogP contribution in [-0.2, 0) is 11.8 Å². The van der Waals surface area contributed by atoms with Gasteiger partial charge < -0.3 is 0 Å². The van der Waals surface area contributed by atoms with Gasteiger partial charge in [-0.2, -0.15) is 0 Å². The number of aryl methyl sites for hydroxylation is 2. The third-order valence-electron chi connectivity index (χ3n) is 3.52. The number of alkyl halides is 2. The molecule has 0 unspecified atom stereocenters. The van der Waals surface area contributed by atoms with Gasteiger partial charge in [-0.3, -0.25) is 0 Å². The fraction of sp³-hybridized carbons (Fsp3) is 0.400. The van der Waals surface area contributed by atoms with Crippen molar-refractivity contribution in [3.63, 3.8) is 0 Å². The summed E-state index contributed by atoms with van der Waals surface area (Å²) in [6.45, 7) is 4.19. The van der Waals surface area contributed by atoms with E-state index >= 15 is 0 Å². The van der Waals surface area contributed by atoms with E-state index in [1.807, 2.05) is 18.2 Å². The Balaban J connectivity index is 2.42. The maximum atomic E-state index is 6.41. The van der Waals surface area contributed by atoms with E-state index in [9.17, 15) is 0 Å². The Bertz CT molecular complexity index is 574. The van der Waals surface area contributed by atoms with Crippen molar-refractivity contribution >= 4 is 54.8 Å². The Labute approximate surface area is 146 Å². The molecule has 0 bridgehead atoms. The minimum atomic E-state index is -0.0743. The topological polar surface area (TPSA) is 12.9 Å². The summed E-state index contributed by atoms with van der Waals surface area (Å²) in [7, 11) is 0. The van der Waals surface area contributed by atoms with E-state index in [4.69, 9.17) is 11.6 Å². The Hall–Kier alpha value is 0.1000. The van der Waals surface area contributed by atoms with Gasteiger partial charge in [-0.15, -0.1) is 11.3 Å². The van der Waals surface area contributed by atoms with Gasteiger partial charge in [0, 0.05) is 32.4 Å². The number of nitrogens with zero attached hydrogens (tertiary/aromatic N) is 1. The third-order valence-corrected chi connectivity index (χ3v) is 7.07. The molecule has 0 aliphatic carbocycles. The molecule has 0 amide bonds. The highest BCUT2D eigenvalue weighted by atomic mass is 79.9. The van der Waals surface area contributed by atoms with E-state index < -0.39 is 0 Å². The quantitative estimate of drug-likeness (QED) is 0.548. The van der Waals surface area contributed by atoms with Gasteiger partial charge in [-0.1, -0.05) is 61.7 Å². The van der Waals surface area contributed by atoms with Crippen molar-refractivity contribution in [2.75, 3.05) is 10.7 Å². The van der Waals surface area contributed by atoms with Crippen molar-refractivity contribution in [3.8, 4) is 0 Å². The smallest absolute Gasteiger partial charge is 0.0940 e. The van der Waals surface area contributed by atoms with Gasteiger partial charge in [0.2, 0.25) is 0 Å². The van der Waals surface area contributed by atoms with Gasteiger partial charge in [-0.05, 0) is 25.5 Å². The molecule has 1 aromatic carbocycles. The molecule has 0 saturated heterocycles. The van der Waals surface area contributed by atoms with Crippen LogP contribution in [0.1, 0.15) is 21.1 Å². The summed E-state index contributed by atoms with van der Waals surface area (Å²) < 4.78 is 0.